The van der Waals surface area contributed by atoms with Gasteiger partial charge in [0.1, 0.15) is 0 Å². The molecule has 1 atom stereocenters. The summed E-state index contributed by atoms with van der Waals surface area (Å²) in [5, 5.41) is 3.48. The molecule has 0 aromatic heterocycles. The Morgan fingerprint density at radius 2 is 1.94 bits per heavy atom. The highest BCUT2D eigenvalue weighted by Crippen LogP contribution is 2.17. The van der Waals surface area contributed by atoms with Crippen molar-refractivity contribution in [2.75, 3.05) is 19.6 Å². The molecule has 18 heavy (non-hydrogen) atoms. The van der Waals surface area contributed by atoms with E-state index in [0.717, 1.165) is 26.2 Å². The minimum atomic E-state index is 0.625. The average Bonchev–Trinajstić information content (AvgIpc) is 2.56. The molecule has 0 saturated carbocycles. The summed E-state index contributed by atoms with van der Waals surface area (Å²) in [6, 6.07) is 9.83. The first-order chi connectivity index (χ1) is 8.66. The fourth-order valence-corrected chi connectivity index (χ4v) is 2.54. The van der Waals surface area contributed by atoms with Gasteiger partial charge >= 0.3 is 0 Å². The summed E-state index contributed by atoms with van der Waals surface area (Å²) in [4.78, 5) is 2.59. The summed E-state index contributed by atoms with van der Waals surface area (Å²) in [6.45, 7) is 11.4. The molecule has 2 nitrogen and oxygen atoms in total. The number of nitrogens with zero attached hydrogens (tertiary/aromatic N) is 1. The minimum Gasteiger partial charge on any atom is -0.315 e. The second-order valence-electron chi connectivity index (χ2n) is 5.75. The fraction of sp³-hybridized carbons (Fsp3) is 0.625. The summed E-state index contributed by atoms with van der Waals surface area (Å²) in [6.07, 6.45) is 1.25. The zero-order chi connectivity index (χ0) is 13.0. The van der Waals surface area contributed by atoms with Gasteiger partial charge in [-0.15, -0.1) is 0 Å². The van der Waals surface area contributed by atoms with Crippen molar-refractivity contribution in [1.82, 2.24) is 10.2 Å². The van der Waals surface area contributed by atoms with Gasteiger partial charge in [0.2, 0.25) is 0 Å². The molecule has 1 unspecified atom stereocenters. The third-order valence-electron chi connectivity index (χ3n) is 3.97. The van der Waals surface area contributed by atoms with Gasteiger partial charge in [-0.2, -0.15) is 0 Å². The van der Waals surface area contributed by atoms with E-state index in [1.807, 2.05) is 0 Å². The van der Waals surface area contributed by atoms with Crippen molar-refractivity contribution in [1.29, 1.82) is 0 Å². The first-order valence-electron chi connectivity index (χ1n) is 7.20. The molecule has 1 heterocycles. The monoisotopic (exact) mass is 246 g/mol. The lowest BCUT2D eigenvalue weighted by Crippen LogP contribution is -2.33. The van der Waals surface area contributed by atoms with Crippen LogP contribution in [-0.2, 0) is 6.54 Å². The lowest BCUT2D eigenvalue weighted by molar-refractivity contribution is 0.211. The van der Waals surface area contributed by atoms with Crippen LogP contribution in [0.4, 0.5) is 0 Å². The molecule has 0 aliphatic carbocycles. The molecule has 1 aromatic carbocycles. The number of benzene rings is 1. The van der Waals surface area contributed by atoms with Gasteiger partial charge in [-0.05, 0) is 36.9 Å². The maximum absolute atomic E-state index is 3.48. The molecule has 2 rings (SSSR count). The molecule has 1 fully saturated rings. The number of rotatable bonds is 3. The normalized spacial score (nSPS) is 22.1. The summed E-state index contributed by atoms with van der Waals surface area (Å²) >= 11 is 0. The zero-order valence-electron chi connectivity index (χ0n) is 11.9. The predicted octanol–water partition coefficient (Wildman–Crippen LogP) is 2.99. The SMILES string of the molecule is CC(C)c1ccc(CN2CCNCCC2C)cc1. The van der Waals surface area contributed by atoms with Crippen molar-refractivity contribution >= 4 is 0 Å². The van der Waals surface area contributed by atoms with E-state index >= 15 is 0 Å². The lowest BCUT2D eigenvalue weighted by Gasteiger charge is -2.26. The molecule has 2 heteroatoms. The molecule has 100 valence electrons. The van der Waals surface area contributed by atoms with Gasteiger partial charge in [0.15, 0.2) is 0 Å². The topological polar surface area (TPSA) is 15.3 Å². The van der Waals surface area contributed by atoms with Gasteiger partial charge < -0.3 is 5.32 Å². The van der Waals surface area contributed by atoms with Crippen molar-refractivity contribution in [2.24, 2.45) is 0 Å². The van der Waals surface area contributed by atoms with Crippen LogP contribution in [0.25, 0.3) is 0 Å². The Hall–Kier alpha value is -0.860. The van der Waals surface area contributed by atoms with Crippen molar-refractivity contribution in [3.63, 3.8) is 0 Å². The standard InChI is InChI=1S/C16H26N2/c1-13(2)16-6-4-15(5-7-16)12-18-11-10-17-9-8-14(18)3/h4-7,13-14,17H,8-12H2,1-3H3. The third kappa shape index (κ3) is 3.56. The zero-order valence-corrected chi connectivity index (χ0v) is 11.9. The Labute approximate surface area is 111 Å². The quantitative estimate of drug-likeness (QED) is 0.882. The van der Waals surface area contributed by atoms with Crippen LogP contribution >= 0.6 is 0 Å². The molecule has 0 bridgehead atoms. The van der Waals surface area contributed by atoms with E-state index < -0.39 is 0 Å². The van der Waals surface area contributed by atoms with E-state index in [1.54, 1.807) is 0 Å². The molecular formula is C16H26N2. The van der Waals surface area contributed by atoms with Crippen LogP contribution in [0, 0.1) is 0 Å². The highest BCUT2D eigenvalue weighted by molar-refractivity contribution is 5.24. The molecule has 1 saturated heterocycles. The highest BCUT2D eigenvalue weighted by Gasteiger charge is 2.16. The smallest absolute Gasteiger partial charge is 0.0237 e. The Bertz CT molecular complexity index is 356. The fourth-order valence-electron chi connectivity index (χ4n) is 2.54. The van der Waals surface area contributed by atoms with Gasteiger partial charge in [-0.25, -0.2) is 0 Å². The van der Waals surface area contributed by atoms with Crippen LogP contribution in [0.15, 0.2) is 24.3 Å². The molecule has 1 aromatic rings. The van der Waals surface area contributed by atoms with E-state index in [1.165, 1.54) is 17.5 Å². The van der Waals surface area contributed by atoms with Crippen LogP contribution in [0.3, 0.4) is 0 Å². The van der Waals surface area contributed by atoms with Crippen LogP contribution in [0.1, 0.15) is 44.2 Å². The average molecular weight is 246 g/mol. The maximum atomic E-state index is 3.48. The summed E-state index contributed by atoms with van der Waals surface area (Å²) in [5.74, 6) is 0.625. The van der Waals surface area contributed by atoms with E-state index in [-0.39, 0.29) is 0 Å². The second kappa shape index (κ2) is 6.35. The van der Waals surface area contributed by atoms with E-state index in [9.17, 15) is 0 Å². The molecule has 0 spiro atoms. The van der Waals surface area contributed by atoms with Crippen molar-refractivity contribution in [2.45, 2.75) is 45.7 Å². The van der Waals surface area contributed by atoms with Crippen molar-refractivity contribution < 1.29 is 0 Å². The number of hydrogen-bond acceptors (Lipinski definition) is 2. The van der Waals surface area contributed by atoms with Crippen molar-refractivity contribution in [3.8, 4) is 0 Å². The van der Waals surface area contributed by atoms with Gasteiger partial charge in [-0.3, -0.25) is 4.90 Å². The highest BCUT2D eigenvalue weighted by atomic mass is 15.2. The molecule has 1 aliphatic rings. The number of hydrogen-bond donors (Lipinski definition) is 1. The van der Waals surface area contributed by atoms with Gasteiger partial charge in [0.05, 0.1) is 0 Å². The van der Waals surface area contributed by atoms with Gasteiger partial charge in [-0.1, -0.05) is 38.1 Å². The van der Waals surface area contributed by atoms with Crippen molar-refractivity contribution in [3.05, 3.63) is 35.4 Å². The number of nitrogens with one attached hydrogen (secondary N) is 1. The lowest BCUT2D eigenvalue weighted by atomic mass is 10.0. The Morgan fingerprint density at radius 1 is 1.22 bits per heavy atom. The second-order valence-corrected chi connectivity index (χ2v) is 5.75. The Morgan fingerprint density at radius 3 is 2.61 bits per heavy atom. The summed E-state index contributed by atoms with van der Waals surface area (Å²) in [7, 11) is 0. The molecule has 1 N–H and O–H groups in total. The van der Waals surface area contributed by atoms with E-state index in [0.29, 0.717) is 12.0 Å². The molecular weight excluding hydrogens is 220 g/mol. The minimum absolute atomic E-state index is 0.625. The molecule has 0 amide bonds. The van der Waals surface area contributed by atoms with Crippen LogP contribution in [0.5, 0.6) is 0 Å². The van der Waals surface area contributed by atoms with Gasteiger partial charge in [0.25, 0.3) is 0 Å². The first kappa shape index (κ1) is 13.6. The van der Waals surface area contributed by atoms with Gasteiger partial charge in [0, 0.05) is 25.7 Å². The summed E-state index contributed by atoms with van der Waals surface area (Å²) < 4.78 is 0. The maximum Gasteiger partial charge on any atom is 0.0237 e. The van der Waals surface area contributed by atoms with E-state index in [2.05, 4.69) is 55.3 Å². The van der Waals surface area contributed by atoms with Crippen LogP contribution in [-0.4, -0.2) is 30.6 Å². The third-order valence-corrected chi connectivity index (χ3v) is 3.97. The Balaban J connectivity index is 1.99. The largest absolute Gasteiger partial charge is 0.315 e. The molecule has 0 radical (unpaired) electrons. The van der Waals surface area contributed by atoms with E-state index in [4.69, 9.17) is 0 Å². The van der Waals surface area contributed by atoms with Crippen LogP contribution in [0.2, 0.25) is 0 Å². The Kier molecular flexibility index (Phi) is 4.79. The van der Waals surface area contributed by atoms with Crippen LogP contribution < -0.4 is 5.32 Å². The molecule has 1 aliphatic heterocycles. The summed E-state index contributed by atoms with van der Waals surface area (Å²) in [5.41, 5.74) is 2.87. The predicted molar refractivity (Wildman–Crippen MR) is 77.9 cm³/mol. The first-order valence-corrected chi connectivity index (χ1v) is 7.20.